The molecule has 0 atom stereocenters. The van der Waals surface area contributed by atoms with Crippen LogP contribution in [0.3, 0.4) is 0 Å². The fraction of sp³-hybridized carbons (Fsp3) is 0.273. The first-order valence-electron chi connectivity index (χ1n) is 4.91. The molecule has 1 N–H and O–H groups in total. The molecule has 16 heavy (non-hydrogen) atoms. The van der Waals surface area contributed by atoms with E-state index in [1.807, 2.05) is 6.08 Å². The zero-order valence-electron chi connectivity index (χ0n) is 8.89. The van der Waals surface area contributed by atoms with Gasteiger partial charge in [-0.3, -0.25) is 10.1 Å². The van der Waals surface area contributed by atoms with Crippen LogP contribution in [-0.2, 0) is 0 Å². The van der Waals surface area contributed by atoms with Gasteiger partial charge in [-0.25, -0.2) is 0 Å². The zero-order chi connectivity index (χ0) is 11.8. The van der Waals surface area contributed by atoms with Crippen molar-refractivity contribution in [3.8, 4) is 0 Å². The van der Waals surface area contributed by atoms with Gasteiger partial charge < -0.3 is 5.32 Å². The highest BCUT2D eigenvalue weighted by molar-refractivity contribution is 7.99. The lowest BCUT2D eigenvalue weighted by atomic mass is 10.3. The Kier molecular flexibility index (Phi) is 5.42. The summed E-state index contributed by atoms with van der Waals surface area (Å²) in [6.07, 6.45) is 1.87. The molecule has 4 nitrogen and oxygen atoms in total. The predicted molar refractivity (Wildman–Crippen MR) is 69.1 cm³/mol. The highest BCUT2D eigenvalue weighted by atomic mass is 32.2. The van der Waals surface area contributed by atoms with E-state index >= 15 is 0 Å². The minimum atomic E-state index is -0.399. The third-order valence-electron chi connectivity index (χ3n) is 1.89. The van der Waals surface area contributed by atoms with Crippen LogP contribution < -0.4 is 5.32 Å². The maximum atomic E-state index is 10.4. The normalized spacial score (nSPS) is 9.75. The van der Waals surface area contributed by atoms with E-state index < -0.39 is 4.92 Å². The number of non-ortho nitro benzene ring substituents is 1. The van der Waals surface area contributed by atoms with E-state index in [4.69, 9.17) is 0 Å². The number of thioether (sulfide) groups is 1. The molecule has 0 saturated heterocycles. The zero-order valence-corrected chi connectivity index (χ0v) is 9.70. The molecule has 0 aliphatic rings. The van der Waals surface area contributed by atoms with E-state index in [1.54, 1.807) is 23.9 Å². The second kappa shape index (κ2) is 6.90. The van der Waals surface area contributed by atoms with Gasteiger partial charge in [0.2, 0.25) is 0 Å². The third-order valence-corrected chi connectivity index (χ3v) is 2.85. The number of nitro groups is 1. The van der Waals surface area contributed by atoms with Gasteiger partial charge in [0, 0.05) is 35.9 Å². The molecule has 0 unspecified atom stereocenters. The lowest BCUT2D eigenvalue weighted by molar-refractivity contribution is -0.384. The number of benzene rings is 1. The van der Waals surface area contributed by atoms with Crippen LogP contribution in [0.1, 0.15) is 0 Å². The summed E-state index contributed by atoms with van der Waals surface area (Å²) in [5, 5.41) is 13.6. The molecule has 86 valence electrons. The number of rotatable bonds is 7. The van der Waals surface area contributed by atoms with Crippen molar-refractivity contribution in [2.45, 2.75) is 0 Å². The Morgan fingerprint density at radius 1 is 1.44 bits per heavy atom. The number of nitrogens with one attached hydrogen (secondary N) is 1. The Morgan fingerprint density at radius 2 is 2.12 bits per heavy atom. The molecule has 0 aliphatic carbocycles. The summed E-state index contributed by atoms with van der Waals surface area (Å²) >= 11 is 1.79. The van der Waals surface area contributed by atoms with Gasteiger partial charge in [0.05, 0.1) is 4.92 Å². The molecule has 0 amide bonds. The Labute approximate surface area is 98.9 Å². The maximum absolute atomic E-state index is 10.4. The van der Waals surface area contributed by atoms with Crippen LogP contribution >= 0.6 is 11.8 Å². The molecule has 1 rings (SSSR count). The molecule has 0 aliphatic heterocycles. The second-order valence-electron chi connectivity index (χ2n) is 3.09. The third kappa shape index (κ3) is 4.35. The van der Waals surface area contributed by atoms with Crippen molar-refractivity contribution in [1.29, 1.82) is 0 Å². The first kappa shape index (κ1) is 12.6. The molecule has 0 spiro atoms. The average Bonchev–Trinajstić information content (AvgIpc) is 2.29. The second-order valence-corrected chi connectivity index (χ2v) is 4.24. The molecule has 1 aromatic rings. The molecule has 1 aromatic carbocycles. The molecule has 0 heterocycles. The fourth-order valence-corrected chi connectivity index (χ4v) is 1.71. The molecule has 0 radical (unpaired) electrons. The summed E-state index contributed by atoms with van der Waals surface area (Å²) in [5.41, 5.74) is 1.02. The van der Waals surface area contributed by atoms with E-state index in [0.29, 0.717) is 0 Å². The number of anilines is 1. The number of nitrogens with zero attached hydrogens (tertiary/aromatic N) is 1. The lowest BCUT2D eigenvalue weighted by Crippen LogP contribution is -2.04. The lowest BCUT2D eigenvalue weighted by Gasteiger charge is -2.04. The standard InChI is InChI=1S/C11H14N2O2S/c1-2-8-16-9-7-12-10-3-5-11(6-4-10)13(14)15/h2-6,12H,1,7-9H2. The molecule has 0 fully saturated rings. The van der Waals surface area contributed by atoms with Crippen molar-refractivity contribution in [1.82, 2.24) is 0 Å². The summed E-state index contributed by atoms with van der Waals surface area (Å²) in [6.45, 7) is 4.48. The number of hydrogen-bond acceptors (Lipinski definition) is 4. The Morgan fingerprint density at radius 3 is 2.69 bits per heavy atom. The van der Waals surface area contributed by atoms with E-state index in [1.165, 1.54) is 12.1 Å². The van der Waals surface area contributed by atoms with Gasteiger partial charge in [-0.05, 0) is 12.1 Å². The molecule has 5 heteroatoms. The average molecular weight is 238 g/mol. The van der Waals surface area contributed by atoms with Crippen LogP contribution in [-0.4, -0.2) is 23.0 Å². The van der Waals surface area contributed by atoms with E-state index in [0.717, 1.165) is 23.7 Å². The number of hydrogen-bond donors (Lipinski definition) is 1. The van der Waals surface area contributed by atoms with E-state index in [9.17, 15) is 10.1 Å². The largest absolute Gasteiger partial charge is 0.384 e. The quantitative estimate of drug-likeness (QED) is 0.343. The van der Waals surface area contributed by atoms with Crippen molar-refractivity contribution in [3.63, 3.8) is 0 Å². The van der Waals surface area contributed by atoms with Gasteiger partial charge in [-0.1, -0.05) is 6.08 Å². The molecule has 0 saturated carbocycles. The van der Waals surface area contributed by atoms with Gasteiger partial charge in [0.15, 0.2) is 0 Å². The fourth-order valence-electron chi connectivity index (χ4n) is 1.14. The molecular formula is C11H14N2O2S. The van der Waals surface area contributed by atoms with Gasteiger partial charge >= 0.3 is 0 Å². The first-order valence-corrected chi connectivity index (χ1v) is 6.06. The summed E-state index contributed by atoms with van der Waals surface area (Å²) in [7, 11) is 0. The molecule has 0 aromatic heterocycles. The summed E-state index contributed by atoms with van der Waals surface area (Å²) < 4.78 is 0. The van der Waals surface area contributed by atoms with Crippen LogP contribution in [0.25, 0.3) is 0 Å². The highest BCUT2D eigenvalue weighted by Gasteiger charge is 2.02. The minimum absolute atomic E-state index is 0.117. The topological polar surface area (TPSA) is 55.2 Å². The molecule has 0 bridgehead atoms. The van der Waals surface area contributed by atoms with Crippen LogP contribution in [0.5, 0.6) is 0 Å². The summed E-state index contributed by atoms with van der Waals surface area (Å²) in [6, 6.07) is 6.44. The maximum Gasteiger partial charge on any atom is 0.269 e. The van der Waals surface area contributed by atoms with Crippen molar-refractivity contribution < 1.29 is 4.92 Å². The van der Waals surface area contributed by atoms with Crippen LogP contribution in [0, 0.1) is 10.1 Å². The van der Waals surface area contributed by atoms with Crippen molar-refractivity contribution >= 4 is 23.1 Å². The molecular weight excluding hydrogens is 224 g/mol. The Bertz CT molecular complexity index is 352. The first-order chi connectivity index (χ1) is 7.74. The predicted octanol–water partition coefficient (Wildman–Crippen LogP) is 2.93. The van der Waals surface area contributed by atoms with Crippen molar-refractivity contribution in [2.75, 3.05) is 23.4 Å². The monoisotopic (exact) mass is 238 g/mol. The van der Waals surface area contributed by atoms with E-state index in [-0.39, 0.29) is 5.69 Å². The van der Waals surface area contributed by atoms with Crippen LogP contribution in [0.15, 0.2) is 36.9 Å². The number of nitro benzene ring substituents is 1. The van der Waals surface area contributed by atoms with Crippen molar-refractivity contribution in [3.05, 3.63) is 47.0 Å². The van der Waals surface area contributed by atoms with Gasteiger partial charge in [-0.15, -0.1) is 6.58 Å². The summed E-state index contributed by atoms with van der Waals surface area (Å²) in [5.74, 6) is 1.94. The smallest absolute Gasteiger partial charge is 0.269 e. The van der Waals surface area contributed by atoms with Gasteiger partial charge in [0.1, 0.15) is 0 Å². The van der Waals surface area contributed by atoms with Crippen LogP contribution in [0.2, 0.25) is 0 Å². The van der Waals surface area contributed by atoms with Gasteiger partial charge in [0.25, 0.3) is 5.69 Å². The van der Waals surface area contributed by atoms with Gasteiger partial charge in [-0.2, -0.15) is 11.8 Å². The SMILES string of the molecule is C=CCSCCNc1ccc([N+](=O)[O-])cc1. The van der Waals surface area contributed by atoms with Crippen LogP contribution in [0.4, 0.5) is 11.4 Å². The Hall–Kier alpha value is -1.49. The highest BCUT2D eigenvalue weighted by Crippen LogP contribution is 2.15. The van der Waals surface area contributed by atoms with Crippen molar-refractivity contribution in [2.24, 2.45) is 0 Å². The minimum Gasteiger partial charge on any atom is -0.384 e. The van der Waals surface area contributed by atoms with E-state index in [2.05, 4.69) is 11.9 Å². The summed E-state index contributed by atoms with van der Waals surface area (Å²) in [4.78, 5) is 10.0. The Balaban J connectivity index is 2.32.